The molecule has 3 rings (SSSR count). The monoisotopic (exact) mass is 384 g/mol. The number of halogens is 1. The minimum atomic E-state index is -0.840. The number of benzene rings is 2. The molecule has 140 valence electrons. The quantitative estimate of drug-likeness (QED) is 0.555. The van der Waals surface area contributed by atoms with Gasteiger partial charge < -0.3 is 9.47 Å². The maximum Gasteiger partial charge on any atom is 0.317 e. The second-order valence-corrected chi connectivity index (χ2v) is 6.83. The van der Waals surface area contributed by atoms with Crippen LogP contribution in [0.4, 0.5) is 0 Å². The molecule has 4 nitrogen and oxygen atoms in total. The van der Waals surface area contributed by atoms with Gasteiger partial charge in [0.1, 0.15) is 11.7 Å². The van der Waals surface area contributed by atoms with E-state index in [9.17, 15) is 9.59 Å². The van der Waals surface area contributed by atoms with E-state index in [0.717, 1.165) is 22.4 Å². The van der Waals surface area contributed by atoms with Crippen molar-refractivity contribution >= 4 is 28.9 Å². The van der Waals surface area contributed by atoms with Gasteiger partial charge in [-0.25, -0.2) is 0 Å². The minimum absolute atomic E-state index is 0.231. The van der Waals surface area contributed by atoms with Gasteiger partial charge in [0.15, 0.2) is 5.78 Å². The molecule has 2 aromatic carbocycles. The number of hydrogen-bond donors (Lipinski definition) is 0. The van der Waals surface area contributed by atoms with Crippen molar-refractivity contribution in [3.8, 4) is 5.75 Å². The molecule has 27 heavy (non-hydrogen) atoms. The molecule has 5 heteroatoms. The number of carbonyl (C=O) groups is 2. The summed E-state index contributed by atoms with van der Waals surface area (Å²) in [7, 11) is 1.61. The maximum atomic E-state index is 12.8. The summed E-state index contributed by atoms with van der Waals surface area (Å²) in [5.74, 6) is -1.10. The third-order valence-electron chi connectivity index (χ3n) is 4.76. The summed E-state index contributed by atoms with van der Waals surface area (Å²) in [6.45, 7) is 1.98. The van der Waals surface area contributed by atoms with E-state index in [1.54, 1.807) is 32.2 Å². The fourth-order valence-electron chi connectivity index (χ4n) is 3.41. The molecule has 2 atom stereocenters. The van der Waals surface area contributed by atoms with Gasteiger partial charge in [-0.3, -0.25) is 9.59 Å². The molecule has 1 aliphatic rings. The van der Waals surface area contributed by atoms with Crippen LogP contribution in [-0.4, -0.2) is 25.5 Å². The van der Waals surface area contributed by atoms with Crippen molar-refractivity contribution < 1.29 is 19.1 Å². The molecule has 2 unspecified atom stereocenters. The second-order valence-electron chi connectivity index (χ2n) is 6.39. The van der Waals surface area contributed by atoms with E-state index in [0.29, 0.717) is 11.4 Å². The van der Waals surface area contributed by atoms with E-state index in [4.69, 9.17) is 21.1 Å². The Labute approximate surface area is 163 Å². The molecule has 1 aliphatic carbocycles. The first kappa shape index (κ1) is 19.2. The zero-order valence-electron chi connectivity index (χ0n) is 15.3. The topological polar surface area (TPSA) is 52.6 Å². The molecule has 0 saturated carbocycles. The summed E-state index contributed by atoms with van der Waals surface area (Å²) in [5, 5.41) is 0.611. The predicted octanol–water partition coefficient (Wildman–Crippen LogP) is 4.67. The Morgan fingerprint density at radius 1 is 1.11 bits per heavy atom. The summed E-state index contributed by atoms with van der Waals surface area (Å²) < 4.78 is 10.4. The lowest BCUT2D eigenvalue weighted by molar-refractivity contribution is -0.151. The Balaban J connectivity index is 1.99. The largest absolute Gasteiger partial charge is 0.497 e. The van der Waals surface area contributed by atoms with Crippen molar-refractivity contribution in [3.63, 3.8) is 0 Å². The number of ether oxygens (including phenoxy) is 2. The average Bonchev–Trinajstić information content (AvgIpc) is 2.68. The Kier molecular flexibility index (Phi) is 5.97. The fraction of sp³-hybridized carbons (Fsp3) is 0.273. The number of methoxy groups -OCH3 is 1. The van der Waals surface area contributed by atoms with Crippen LogP contribution in [0.25, 0.3) is 5.57 Å². The first-order chi connectivity index (χ1) is 13.0. The van der Waals surface area contributed by atoms with E-state index in [1.807, 2.05) is 36.4 Å². The average molecular weight is 385 g/mol. The zero-order valence-corrected chi connectivity index (χ0v) is 16.0. The van der Waals surface area contributed by atoms with Gasteiger partial charge in [0.25, 0.3) is 0 Å². The number of esters is 1. The number of rotatable bonds is 5. The molecule has 0 amide bonds. The third-order valence-corrected chi connectivity index (χ3v) is 5.02. The van der Waals surface area contributed by atoms with Crippen molar-refractivity contribution in [2.45, 2.75) is 19.3 Å². The van der Waals surface area contributed by atoms with Crippen LogP contribution in [0.5, 0.6) is 5.75 Å². The van der Waals surface area contributed by atoms with E-state index in [1.165, 1.54) is 0 Å². The van der Waals surface area contributed by atoms with Gasteiger partial charge in [0.05, 0.1) is 13.7 Å². The highest BCUT2D eigenvalue weighted by Gasteiger charge is 2.39. The Bertz CT molecular complexity index is 853. The molecule has 0 spiro atoms. The zero-order chi connectivity index (χ0) is 19.4. The number of carbonyl (C=O) groups excluding carboxylic acids is 2. The van der Waals surface area contributed by atoms with Crippen LogP contribution >= 0.6 is 11.6 Å². The molecule has 0 fully saturated rings. The van der Waals surface area contributed by atoms with Crippen molar-refractivity contribution in [3.05, 3.63) is 70.8 Å². The number of ketones is 1. The van der Waals surface area contributed by atoms with Crippen LogP contribution in [-0.2, 0) is 14.3 Å². The van der Waals surface area contributed by atoms with Crippen LogP contribution < -0.4 is 4.74 Å². The van der Waals surface area contributed by atoms with E-state index < -0.39 is 11.9 Å². The van der Waals surface area contributed by atoms with Crippen LogP contribution in [0.3, 0.4) is 0 Å². The molecule has 0 radical (unpaired) electrons. The fourth-order valence-corrected chi connectivity index (χ4v) is 3.54. The van der Waals surface area contributed by atoms with Crippen LogP contribution in [0.15, 0.2) is 54.6 Å². The standard InChI is InChI=1S/C22H21ClO4/c1-3-27-22(25)21-19(15-4-8-17(23)9-5-15)12-16(13-20(21)24)14-6-10-18(26-2)11-7-14/h4-11,13,19,21H,3,12H2,1-2H3. The molecule has 0 N–H and O–H groups in total. The second kappa shape index (κ2) is 8.40. The van der Waals surface area contributed by atoms with Gasteiger partial charge >= 0.3 is 5.97 Å². The van der Waals surface area contributed by atoms with Gasteiger partial charge in [-0.05, 0) is 60.4 Å². The Morgan fingerprint density at radius 3 is 2.37 bits per heavy atom. The molecule has 0 aromatic heterocycles. The smallest absolute Gasteiger partial charge is 0.317 e. The highest BCUT2D eigenvalue weighted by molar-refractivity contribution is 6.30. The number of allylic oxidation sites excluding steroid dienone is 2. The van der Waals surface area contributed by atoms with Gasteiger partial charge in [-0.15, -0.1) is 0 Å². The molecular formula is C22H21ClO4. The molecule has 0 bridgehead atoms. The van der Waals surface area contributed by atoms with Crippen LogP contribution in [0, 0.1) is 5.92 Å². The summed E-state index contributed by atoms with van der Waals surface area (Å²) in [6.07, 6.45) is 2.12. The SMILES string of the molecule is CCOC(=O)C1C(=O)C=C(c2ccc(OC)cc2)CC1c1ccc(Cl)cc1. The first-order valence-corrected chi connectivity index (χ1v) is 9.22. The summed E-state index contributed by atoms with van der Waals surface area (Å²) >= 11 is 6.00. The van der Waals surface area contributed by atoms with Crippen molar-refractivity contribution in [2.75, 3.05) is 13.7 Å². The lowest BCUT2D eigenvalue weighted by atomic mass is 9.73. The molecule has 2 aromatic rings. The first-order valence-electron chi connectivity index (χ1n) is 8.84. The van der Waals surface area contributed by atoms with E-state index in [-0.39, 0.29) is 18.3 Å². The highest BCUT2D eigenvalue weighted by atomic mass is 35.5. The van der Waals surface area contributed by atoms with E-state index in [2.05, 4.69) is 0 Å². The predicted molar refractivity (Wildman–Crippen MR) is 105 cm³/mol. The number of hydrogen-bond acceptors (Lipinski definition) is 4. The minimum Gasteiger partial charge on any atom is -0.497 e. The van der Waals surface area contributed by atoms with E-state index >= 15 is 0 Å². The maximum absolute atomic E-state index is 12.8. The Morgan fingerprint density at radius 2 is 1.78 bits per heavy atom. The van der Waals surface area contributed by atoms with Gasteiger partial charge in [-0.1, -0.05) is 35.9 Å². The normalized spacial score (nSPS) is 19.4. The van der Waals surface area contributed by atoms with Gasteiger partial charge in [-0.2, -0.15) is 0 Å². The third kappa shape index (κ3) is 4.22. The lowest BCUT2D eigenvalue weighted by Crippen LogP contribution is -2.34. The summed E-state index contributed by atoms with van der Waals surface area (Å²) in [6, 6.07) is 14.8. The van der Waals surface area contributed by atoms with Crippen molar-refractivity contribution in [1.29, 1.82) is 0 Å². The van der Waals surface area contributed by atoms with Crippen molar-refractivity contribution in [2.24, 2.45) is 5.92 Å². The molecule has 0 saturated heterocycles. The summed E-state index contributed by atoms with van der Waals surface area (Å²) in [5.41, 5.74) is 2.72. The van der Waals surface area contributed by atoms with Crippen molar-refractivity contribution in [1.82, 2.24) is 0 Å². The molecule has 0 heterocycles. The van der Waals surface area contributed by atoms with Crippen LogP contribution in [0.2, 0.25) is 5.02 Å². The molecular weight excluding hydrogens is 364 g/mol. The summed E-state index contributed by atoms with van der Waals surface area (Å²) in [4.78, 5) is 25.3. The molecule has 0 aliphatic heterocycles. The van der Waals surface area contributed by atoms with Gasteiger partial charge in [0.2, 0.25) is 0 Å². The highest BCUT2D eigenvalue weighted by Crippen LogP contribution is 2.40. The van der Waals surface area contributed by atoms with Gasteiger partial charge in [0, 0.05) is 10.9 Å². The lowest BCUT2D eigenvalue weighted by Gasteiger charge is -2.29. The van der Waals surface area contributed by atoms with Crippen LogP contribution in [0.1, 0.15) is 30.4 Å². The Hall–Kier alpha value is -2.59.